The van der Waals surface area contributed by atoms with Gasteiger partial charge in [-0.15, -0.1) is 0 Å². The van der Waals surface area contributed by atoms with Crippen molar-refractivity contribution in [3.63, 3.8) is 0 Å². The van der Waals surface area contributed by atoms with Gasteiger partial charge in [-0.2, -0.15) is 5.10 Å². The van der Waals surface area contributed by atoms with Crippen LogP contribution in [0, 0.1) is 5.92 Å². The SMILES string of the molecule is CCOC(=O)c1ccc(CNC(=O)[C@H]2CNC[C@@H]2c2cnn(C)c2)cc1. The summed E-state index contributed by atoms with van der Waals surface area (Å²) in [5.74, 6) is -0.286. The number of hydrogen-bond acceptors (Lipinski definition) is 5. The summed E-state index contributed by atoms with van der Waals surface area (Å²) in [4.78, 5) is 24.3. The fourth-order valence-electron chi connectivity index (χ4n) is 3.23. The second-order valence-electron chi connectivity index (χ2n) is 6.45. The highest BCUT2D eigenvalue weighted by atomic mass is 16.5. The Hall–Kier alpha value is -2.67. The monoisotopic (exact) mass is 356 g/mol. The van der Waals surface area contributed by atoms with Gasteiger partial charge in [0.1, 0.15) is 0 Å². The van der Waals surface area contributed by atoms with Crippen molar-refractivity contribution in [2.45, 2.75) is 19.4 Å². The molecule has 7 heteroatoms. The lowest BCUT2D eigenvalue weighted by molar-refractivity contribution is -0.125. The topological polar surface area (TPSA) is 85.2 Å². The first-order valence-electron chi connectivity index (χ1n) is 8.81. The van der Waals surface area contributed by atoms with E-state index in [9.17, 15) is 9.59 Å². The summed E-state index contributed by atoms with van der Waals surface area (Å²) in [6, 6.07) is 7.10. The van der Waals surface area contributed by atoms with Crippen molar-refractivity contribution in [2.24, 2.45) is 13.0 Å². The second-order valence-corrected chi connectivity index (χ2v) is 6.45. The van der Waals surface area contributed by atoms with Crippen molar-refractivity contribution in [1.29, 1.82) is 0 Å². The smallest absolute Gasteiger partial charge is 0.338 e. The zero-order chi connectivity index (χ0) is 18.5. The number of carbonyl (C=O) groups excluding carboxylic acids is 2. The summed E-state index contributed by atoms with van der Waals surface area (Å²) >= 11 is 0. The summed E-state index contributed by atoms with van der Waals surface area (Å²) < 4.78 is 6.72. The summed E-state index contributed by atoms with van der Waals surface area (Å²) in [6.45, 7) is 3.99. The zero-order valence-electron chi connectivity index (χ0n) is 15.1. The lowest BCUT2D eigenvalue weighted by Gasteiger charge is -2.17. The molecule has 0 spiro atoms. The maximum Gasteiger partial charge on any atom is 0.338 e. The van der Waals surface area contributed by atoms with Crippen LogP contribution in [0.5, 0.6) is 0 Å². The number of hydrogen-bond donors (Lipinski definition) is 2. The van der Waals surface area contributed by atoms with Gasteiger partial charge in [0.2, 0.25) is 5.91 Å². The third-order valence-corrected chi connectivity index (χ3v) is 4.64. The molecule has 26 heavy (non-hydrogen) atoms. The zero-order valence-corrected chi connectivity index (χ0v) is 15.1. The van der Waals surface area contributed by atoms with Gasteiger partial charge in [0.15, 0.2) is 0 Å². The molecule has 2 N–H and O–H groups in total. The molecule has 1 amide bonds. The van der Waals surface area contributed by atoms with Crippen LogP contribution < -0.4 is 10.6 Å². The highest BCUT2D eigenvalue weighted by Gasteiger charge is 2.34. The molecule has 1 aromatic heterocycles. The number of benzene rings is 1. The maximum atomic E-state index is 12.6. The minimum Gasteiger partial charge on any atom is -0.462 e. The van der Waals surface area contributed by atoms with Gasteiger partial charge in [-0.25, -0.2) is 4.79 Å². The molecule has 138 valence electrons. The van der Waals surface area contributed by atoms with E-state index < -0.39 is 0 Å². The van der Waals surface area contributed by atoms with Crippen molar-refractivity contribution < 1.29 is 14.3 Å². The van der Waals surface area contributed by atoms with Gasteiger partial charge in [-0.1, -0.05) is 12.1 Å². The number of aromatic nitrogens is 2. The Kier molecular flexibility index (Phi) is 5.68. The normalized spacial score (nSPS) is 19.3. The minimum atomic E-state index is -0.334. The Morgan fingerprint density at radius 3 is 2.73 bits per heavy atom. The number of rotatable bonds is 6. The Morgan fingerprint density at radius 1 is 1.31 bits per heavy atom. The van der Waals surface area contributed by atoms with Gasteiger partial charge in [0.25, 0.3) is 0 Å². The van der Waals surface area contributed by atoms with Crippen LogP contribution in [0.3, 0.4) is 0 Å². The third kappa shape index (κ3) is 4.11. The lowest BCUT2D eigenvalue weighted by Crippen LogP contribution is -2.33. The van der Waals surface area contributed by atoms with E-state index >= 15 is 0 Å². The Labute approximate surface area is 152 Å². The average molecular weight is 356 g/mol. The van der Waals surface area contributed by atoms with Gasteiger partial charge in [0.05, 0.1) is 24.3 Å². The molecule has 1 aliphatic heterocycles. The Balaban J connectivity index is 1.57. The van der Waals surface area contributed by atoms with Crippen molar-refractivity contribution >= 4 is 11.9 Å². The fraction of sp³-hybridized carbons (Fsp3) is 0.421. The Morgan fingerprint density at radius 2 is 2.08 bits per heavy atom. The first kappa shape index (κ1) is 18.1. The first-order valence-corrected chi connectivity index (χ1v) is 8.81. The molecule has 3 rings (SSSR count). The molecule has 2 aromatic rings. The van der Waals surface area contributed by atoms with Crippen LogP contribution in [-0.4, -0.2) is 41.4 Å². The van der Waals surface area contributed by atoms with E-state index in [1.165, 1.54) is 0 Å². The van der Waals surface area contributed by atoms with Gasteiger partial charge < -0.3 is 15.4 Å². The van der Waals surface area contributed by atoms with Crippen molar-refractivity contribution in [2.75, 3.05) is 19.7 Å². The van der Waals surface area contributed by atoms with E-state index in [0.717, 1.165) is 17.7 Å². The lowest BCUT2D eigenvalue weighted by atomic mass is 9.90. The number of ether oxygens (including phenoxy) is 1. The predicted molar refractivity (Wildman–Crippen MR) is 96.6 cm³/mol. The number of nitrogens with zero attached hydrogens (tertiary/aromatic N) is 2. The molecule has 0 bridgehead atoms. The van der Waals surface area contributed by atoms with Crippen molar-refractivity contribution in [3.05, 3.63) is 53.3 Å². The van der Waals surface area contributed by atoms with E-state index in [0.29, 0.717) is 25.3 Å². The van der Waals surface area contributed by atoms with Crippen LogP contribution in [0.1, 0.15) is 34.3 Å². The minimum absolute atomic E-state index is 0.0262. The molecule has 1 aliphatic rings. The molecule has 2 atom stereocenters. The molecule has 0 unspecified atom stereocenters. The van der Waals surface area contributed by atoms with Crippen molar-refractivity contribution in [1.82, 2.24) is 20.4 Å². The molecular weight excluding hydrogens is 332 g/mol. The largest absolute Gasteiger partial charge is 0.462 e. The molecular formula is C19H24N4O3. The molecule has 0 saturated carbocycles. The van der Waals surface area contributed by atoms with Gasteiger partial charge in [0, 0.05) is 38.8 Å². The number of nitrogens with one attached hydrogen (secondary N) is 2. The highest BCUT2D eigenvalue weighted by molar-refractivity contribution is 5.89. The molecule has 0 radical (unpaired) electrons. The van der Waals surface area contributed by atoms with Gasteiger partial charge in [-0.3, -0.25) is 9.48 Å². The second kappa shape index (κ2) is 8.14. The van der Waals surface area contributed by atoms with E-state index in [1.807, 2.05) is 31.6 Å². The summed E-state index contributed by atoms with van der Waals surface area (Å²) in [5.41, 5.74) is 2.53. The average Bonchev–Trinajstić information content (AvgIpc) is 3.29. The predicted octanol–water partition coefficient (Wildman–Crippen LogP) is 1.22. The van der Waals surface area contributed by atoms with Crippen LogP contribution in [0.25, 0.3) is 0 Å². The maximum absolute atomic E-state index is 12.6. The van der Waals surface area contributed by atoms with Crippen LogP contribution in [-0.2, 0) is 23.1 Å². The Bertz CT molecular complexity index is 769. The fourth-order valence-corrected chi connectivity index (χ4v) is 3.23. The number of esters is 1. The molecule has 1 aromatic carbocycles. The highest BCUT2D eigenvalue weighted by Crippen LogP contribution is 2.27. The van der Waals surface area contributed by atoms with Crippen LogP contribution in [0.4, 0.5) is 0 Å². The molecule has 7 nitrogen and oxygen atoms in total. The quantitative estimate of drug-likeness (QED) is 0.760. The van der Waals surface area contributed by atoms with E-state index in [4.69, 9.17) is 4.74 Å². The first-order chi connectivity index (χ1) is 12.6. The van der Waals surface area contributed by atoms with Crippen LogP contribution in [0.2, 0.25) is 0 Å². The van der Waals surface area contributed by atoms with Gasteiger partial charge in [-0.05, 0) is 30.2 Å². The van der Waals surface area contributed by atoms with E-state index in [2.05, 4.69) is 15.7 Å². The summed E-state index contributed by atoms with van der Waals surface area (Å²) in [7, 11) is 1.88. The summed E-state index contributed by atoms with van der Waals surface area (Å²) in [5, 5.41) is 10.5. The molecule has 2 heterocycles. The third-order valence-electron chi connectivity index (χ3n) is 4.64. The number of amides is 1. The standard InChI is InChI=1S/C19H24N4O3/c1-3-26-19(25)14-6-4-13(5-7-14)8-21-18(24)17-11-20-10-16(17)15-9-22-23(2)12-15/h4-7,9,12,16-17,20H,3,8,10-11H2,1-2H3,(H,21,24)/t16-,17+/m1/s1. The van der Waals surface area contributed by atoms with E-state index in [-0.39, 0.29) is 23.7 Å². The van der Waals surface area contributed by atoms with Crippen molar-refractivity contribution in [3.8, 4) is 0 Å². The van der Waals surface area contributed by atoms with Crippen LogP contribution in [0.15, 0.2) is 36.7 Å². The van der Waals surface area contributed by atoms with E-state index in [1.54, 1.807) is 23.7 Å². The van der Waals surface area contributed by atoms with Gasteiger partial charge >= 0.3 is 5.97 Å². The van der Waals surface area contributed by atoms with Crippen LogP contribution >= 0.6 is 0 Å². The molecule has 1 saturated heterocycles. The number of aryl methyl sites for hydroxylation is 1. The molecule has 0 aliphatic carbocycles. The molecule has 1 fully saturated rings. The number of carbonyl (C=O) groups is 2. The summed E-state index contributed by atoms with van der Waals surface area (Å²) in [6.07, 6.45) is 3.79.